The van der Waals surface area contributed by atoms with Crippen molar-refractivity contribution in [2.24, 2.45) is 0 Å². The second-order valence-electron chi connectivity index (χ2n) is 5.20. The summed E-state index contributed by atoms with van der Waals surface area (Å²) in [4.78, 5) is 11.7. The maximum atomic E-state index is 11.7. The van der Waals surface area contributed by atoms with Crippen LogP contribution in [0.15, 0.2) is 18.2 Å². The quantitative estimate of drug-likeness (QED) is 0.846. The van der Waals surface area contributed by atoms with E-state index < -0.39 is 0 Å². The highest BCUT2D eigenvalue weighted by molar-refractivity contribution is 6.42. The fourth-order valence-corrected chi connectivity index (χ4v) is 2.73. The van der Waals surface area contributed by atoms with Gasteiger partial charge in [-0.05, 0) is 49.9 Å². The fraction of sp³-hybridized carbons (Fsp3) is 0.533. The van der Waals surface area contributed by atoms with Crippen molar-refractivity contribution in [3.63, 3.8) is 0 Å². The van der Waals surface area contributed by atoms with Gasteiger partial charge in [-0.3, -0.25) is 4.79 Å². The molecule has 0 aromatic heterocycles. The average Bonchev–Trinajstić information content (AvgIpc) is 2.94. The summed E-state index contributed by atoms with van der Waals surface area (Å²) in [6, 6.07) is 6.07. The Morgan fingerprint density at radius 2 is 2.20 bits per heavy atom. The molecule has 20 heavy (non-hydrogen) atoms. The number of hydrogen-bond acceptors (Lipinski definition) is 2. The smallest absolute Gasteiger partial charge is 0.220 e. The Hall–Kier alpha value is -0.770. The minimum absolute atomic E-state index is 0.124. The highest BCUT2D eigenvalue weighted by atomic mass is 35.5. The van der Waals surface area contributed by atoms with Gasteiger partial charge in [-0.2, -0.15) is 0 Å². The molecular formula is C15H20Cl2N2O. The van der Waals surface area contributed by atoms with Gasteiger partial charge in [-0.15, -0.1) is 0 Å². The van der Waals surface area contributed by atoms with E-state index in [2.05, 4.69) is 10.6 Å². The summed E-state index contributed by atoms with van der Waals surface area (Å²) in [7, 11) is 0. The highest BCUT2D eigenvalue weighted by Crippen LogP contribution is 2.23. The van der Waals surface area contributed by atoms with E-state index in [0.29, 0.717) is 22.5 Å². The molecule has 0 bridgehead atoms. The molecule has 1 amide bonds. The number of nitrogens with one attached hydrogen (secondary N) is 2. The number of aryl methyl sites for hydroxylation is 1. The first-order valence-corrected chi connectivity index (χ1v) is 7.85. The lowest BCUT2D eigenvalue weighted by Gasteiger charge is -2.11. The number of halogens is 2. The van der Waals surface area contributed by atoms with E-state index in [0.717, 1.165) is 37.9 Å². The van der Waals surface area contributed by atoms with Crippen molar-refractivity contribution < 1.29 is 4.79 Å². The molecule has 0 radical (unpaired) electrons. The van der Waals surface area contributed by atoms with Gasteiger partial charge in [-0.25, -0.2) is 0 Å². The molecule has 5 heteroatoms. The zero-order valence-electron chi connectivity index (χ0n) is 11.4. The number of rotatable bonds is 6. The first-order chi connectivity index (χ1) is 9.65. The average molecular weight is 315 g/mol. The van der Waals surface area contributed by atoms with Crippen LogP contribution in [0, 0.1) is 0 Å². The van der Waals surface area contributed by atoms with Crippen LogP contribution < -0.4 is 10.6 Å². The summed E-state index contributed by atoms with van der Waals surface area (Å²) in [5, 5.41) is 7.48. The van der Waals surface area contributed by atoms with Crippen molar-refractivity contribution >= 4 is 29.1 Å². The number of carbonyl (C=O) groups excluding carboxylic acids is 1. The molecule has 2 rings (SSSR count). The van der Waals surface area contributed by atoms with Gasteiger partial charge in [0.05, 0.1) is 10.0 Å². The molecule has 110 valence electrons. The summed E-state index contributed by atoms with van der Waals surface area (Å²) in [6.45, 7) is 1.81. The Morgan fingerprint density at radius 3 is 2.90 bits per heavy atom. The SMILES string of the molecule is O=C(CCCc1ccc(Cl)c(Cl)c1)NCC1CCCN1. The molecule has 0 saturated carbocycles. The molecule has 1 unspecified atom stereocenters. The van der Waals surface area contributed by atoms with Crippen LogP contribution >= 0.6 is 23.2 Å². The molecule has 1 aliphatic heterocycles. The molecule has 0 aliphatic carbocycles. The second kappa shape index (κ2) is 7.87. The van der Waals surface area contributed by atoms with Gasteiger partial charge < -0.3 is 10.6 Å². The third-order valence-electron chi connectivity index (χ3n) is 3.56. The minimum Gasteiger partial charge on any atom is -0.355 e. The summed E-state index contributed by atoms with van der Waals surface area (Å²) in [5.74, 6) is 0.124. The predicted molar refractivity (Wildman–Crippen MR) is 83.4 cm³/mol. The zero-order valence-corrected chi connectivity index (χ0v) is 12.9. The summed E-state index contributed by atoms with van der Waals surface area (Å²) in [6.07, 6.45) is 4.57. The third-order valence-corrected chi connectivity index (χ3v) is 4.30. The van der Waals surface area contributed by atoms with E-state index in [1.165, 1.54) is 6.42 Å². The fourth-order valence-electron chi connectivity index (χ4n) is 2.40. The summed E-state index contributed by atoms with van der Waals surface area (Å²) >= 11 is 11.8. The topological polar surface area (TPSA) is 41.1 Å². The van der Waals surface area contributed by atoms with Gasteiger partial charge >= 0.3 is 0 Å². The van der Waals surface area contributed by atoms with Crippen molar-refractivity contribution in [2.75, 3.05) is 13.1 Å². The number of hydrogen-bond donors (Lipinski definition) is 2. The Balaban J connectivity index is 1.64. The normalized spacial score (nSPS) is 18.2. The van der Waals surface area contributed by atoms with Crippen LogP contribution in [0.5, 0.6) is 0 Å². The van der Waals surface area contributed by atoms with Gasteiger partial charge in [0.15, 0.2) is 0 Å². The molecule has 1 saturated heterocycles. The first kappa shape index (κ1) is 15.6. The Labute approximate surface area is 130 Å². The van der Waals surface area contributed by atoms with Crippen LogP contribution in [0.1, 0.15) is 31.2 Å². The molecular weight excluding hydrogens is 295 g/mol. The van der Waals surface area contributed by atoms with Crippen LogP contribution in [0.25, 0.3) is 0 Å². The van der Waals surface area contributed by atoms with Crippen LogP contribution in [0.4, 0.5) is 0 Å². The lowest BCUT2D eigenvalue weighted by Crippen LogP contribution is -2.37. The van der Waals surface area contributed by atoms with E-state index in [1.54, 1.807) is 6.07 Å². The van der Waals surface area contributed by atoms with Crippen molar-refractivity contribution in [2.45, 2.75) is 38.1 Å². The molecule has 1 aliphatic rings. The van der Waals surface area contributed by atoms with E-state index >= 15 is 0 Å². The summed E-state index contributed by atoms with van der Waals surface area (Å²) in [5.41, 5.74) is 1.12. The molecule has 0 spiro atoms. The monoisotopic (exact) mass is 314 g/mol. The molecule has 1 atom stereocenters. The van der Waals surface area contributed by atoms with E-state index in [9.17, 15) is 4.79 Å². The Bertz CT molecular complexity index is 459. The van der Waals surface area contributed by atoms with Crippen molar-refractivity contribution in [1.29, 1.82) is 0 Å². The molecule has 1 heterocycles. The summed E-state index contributed by atoms with van der Waals surface area (Å²) < 4.78 is 0. The standard InChI is InChI=1S/C15H20Cl2N2O/c16-13-7-6-11(9-14(13)17)3-1-5-15(20)19-10-12-4-2-8-18-12/h6-7,9,12,18H,1-5,8,10H2,(H,19,20). The highest BCUT2D eigenvalue weighted by Gasteiger charge is 2.14. The van der Waals surface area contributed by atoms with Gasteiger partial charge in [-0.1, -0.05) is 29.3 Å². The number of amides is 1. The minimum atomic E-state index is 0.124. The second-order valence-corrected chi connectivity index (χ2v) is 6.01. The van der Waals surface area contributed by atoms with E-state index in [4.69, 9.17) is 23.2 Å². The molecule has 1 aromatic rings. The van der Waals surface area contributed by atoms with Crippen LogP contribution in [0.3, 0.4) is 0 Å². The van der Waals surface area contributed by atoms with Crippen molar-refractivity contribution in [3.05, 3.63) is 33.8 Å². The maximum Gasteiger partial charge on any atom is 0.220 e. The van der Waals surface area contributed by atoms with Crippen LogP contribution in [0.2, 0.25) is 10.0 Å². The van der Waals surface area contributed by atoms with Gasteiger partial charge in [0, 0.05) is 19.0 Å². The molecule has 2 N–H and O–H groups in total. The van der Waals surface area contributed by atoms with Gasteiger partial charge in [0.25, 0.3) is 0 Å². The van der Waals surface area contributed by atoms with Crippen LogP contribution in [-0.4, -0.2) is 25.0 Å². The molecule has 3 nitrogen and oxygen atoms in total. The number of carbonyl (C=O) groups is 1. The maximum absolute atomic E-state index is 11.7. The predicted octanol–water partition coefficient (Wildman–Crippen LogP) is 3.18. The Kier molecular flexibility index (Phi) is 6.14. The zero-order chi connectivity index (χ0) is 14.4. The van der Waals surface area contributed by atoms with Crippen molar-refractivity contribution in [3.8, 4) is 0 Å². The Morgan fingerprint density at radius 1 is 1.35 bits per heavy atom. The third kappa shape index (κ3) is 4.97. The first-order valence-electron chi connectivity index (χ1n) is 7.09. The van der Waals surface area contributed by atoms with E-state index in [-0.39, 0.29) is 5.91 Å². The largest absolute Gasteiger partial charge is 0.355 e. The van der Waals surface area contributed by atoms with E-state index in [1.807, 2.05) is 12.1 Å². The lowest BCUT2D eigenvalue weighted by atomic mass is 10.1. The van der Waals surface area contributed by atoms with Gasteiger partial charge in [0.2, 0.25) is 5.91 Å². The van der Waals surface area contributed by atoms with Crippen molar-refractivity contribution in [1.82, 2.24) is 10.6 Å². The number of benzene rings is 1. The lowest BCUT2D eigenvalue weighted by molar-refractivity contribution is -0.121. The van der Waals surface area contributed by atoms with Crippen LogP contribution in [-0.2, 0) is 11.2 Å². The van der Waals surface area contributed by atoms with Gasteiger partial charge in [0.1, 0.15) is 0 Å². The molecule has 1 fully saturated rings. The molecule has 1 aromatic carbocycles.